The average Bonchev–Trinajstić information content (AvgIpc) is 3.11. The fraction of sp³-hybridized carbons (Fsp3) is 0.240. The number of nitrogens with zero attached hydrogens (tertiary/aromatic N) is 1. The van der Waals surface area contributed by atoms with Gasteiger partial charge in [0.1, 0.15) is 0 Å². The van der Waals surface area contributed by atoms with E-state index in [1.54, 1.807) is 0 Å². The summed E-state index contributed by atoms with van der Waals surface area (Å²) in [5.74, 6) is 0.0312. The Morgan fingerprint density at radius 1 is 0.929 bits per heavy atom. The molecular weight excluding hydrogens is 349 g/mol. The number of carbonyl (C=O) groups is 1. The molecule has 142 valence electrons. The summed E-state index contributed by atoms with van der Waals surface area (Å²) in [6.45, 7) is 2.58. The maximum absolute atomic E-state index is 13.6. The molecule has 1 atom stereocenters. The first kappa shape index (κ1) is 18.4. The summed E-state index contributed by atoms with van der Waals surface area (Å²) >= 11 is 0. The number of carbonyl (C=O) groups excluding carboxylic acids is 1. The number of rotatable bonds is 7. The third kappa shape index (κ3) is 3.45. The zero-order chi connectivity index (χ0) is 19.5. The minimum atomic E-state index is -0.751. The van der Waals surface area contributed by atoms with E-state index in [2.05, 4.69) is 4.57 Å². The van der Waals surface area contributed by atoms with Gasteiger partial charge in [-0.25, -0.2) is 4.39 Å². The lowest BCUT2D eigenvalue weighted by atomic mass is 9.97. The Bertz CT molecular complexity index is 1120. The molecule has 4 rings (SSSR count). The molecule has 0 amide bonds. The average molecular weight is 373 g/mol. The van der Waals surface area contributed by atoms with Gasteiger partial charge >= 0.3 is 0 Å². The minimum absolute atomic E-state index is 0.0312. The van der Waals surface area contributed by atoms with E-state index in [0.29, 0.717) is 24.9 Å². The molecule has 1 heterocycles. The summed E-state index contributed by atoms with van der Waals surface area (Å²) < 4.78 is 15.7. The largest absolute Gasteiger partial charge is 0.347 e. The Kier molecular flexibility index (Phi) is 5.25. The Balaban J connectivity index is 1.73. The van der Waals surface area contributed by atoms with Gasteiger partial charge in [0.15, 0.2) is 5.78 Å². The van der Waals surface area contributed by atoms with Crippen molar-refractivity contribution in [3.63, 3.8) is 0 Å². The molecular formula is C25H24FNO. The van der Waals surface area contributed by atoms with Gasteiger partial charge in [-0.1, -0.05) is 67.6 Å². The van der Waals surface area contributed by atoms with Crippen molar-refractivity contribution in [1.82, 2.24) is 4.57 Å². The van der Waals surface area contributed by atoms with E-state index in [9.17, 15) is 9.18 Å². The highest BCUT2D eigenvalue weighted by atomic mass is 19.1. The zero-order valence-electron chi connectivity index (χ0n) is 16.1. The molecule has 28 heavy (non-hydrogen) atoms. The maximum atomic E-state index is 13.6. The van der Waals surface area contributed by atoms with E-state index < -0.39 is 6.17 Å². The Labute approximate surface area is 164 Å². The maximum Gasteiger partial charge on any atom is 0.195 e. The molecule has 2 nitrogen and oxygen atoms in total. The first-order valence-electron chi connectivity index (χ1n) is 9.93. The van der Waals surface area contributed by atoms with E-state index in [-0.39, 0.29) is 5.78 Å². The van der Waals surface area contributed by atoms with Gasteiger partial charge in [0, 0.05) is 34.8 Å². The van der Waals surface area contributed by atoms with Crippen molar-refractivity contribution in [2.24, 2.45) is 0 Å². The molecule has 4 aromatic rings. The van der Waals surface area contributed by atoms with Gasteiger partial charge in [0.2, 0.25) is 0 Å². The number of benzene rings is 3. The van der Waals surface area contributed by atoms with Gasteiger partial charge in [-0.05, 0) is 36.1 Å². The number of alkyl halides is 1. The van der Waals surface area contributed by atoms with Crippen molar-refractivity contribution in [3.8, 4) is 0 Å². The van der Waals surface area contributed by atoms with Crippen LogP contribution in [0.2, 0.25) is 0 Å². The van der Waals surface area contributed by atoms with Crippen LogP contribution in [0.5, 0.6) is 0 Å². The normalized spacial score (nSPS) is 12.5. The molecule has 0 aliphatic heterocycles. The van der Waals surface area contributed by atoms with Crippen molar-refractivity contribution in [3.05, 3.63) is 84.1 Å². The van der Waals surface area contributed by atoms with Gasteiger partial charge < -0.3 is 4.57 Å². The van der Waals surface area contributed by atoms with Crippen LogP contribution >= 0.6 is 0 Å². The molecule has 3 heteroatoms. The molecule has 0 radical (unpaired) electrons. The standard InChI is InChI=1S/C25H24FNO/c1-2-19(26)11-8-16-27-17-23(21-13-5-6-15-24(21)27)25(28)22-14-7-10-18-9-3-4-12-20(18)22/h3-7,9-10,12-15,17,19H,2,8,11,16H2,1H3/t19-/m1/s1. The molecule has 0 saturated carbocycles. The molecule has 3 aromatic carbocycles. The van der Waals surface area contributed by atoms with Crippen LogP contribution in [-0.4, -0.2) is 16.5 Å². The second-order valence-corrected chi connectivity index (χ2v) is 7.26. The number of aryl methyl sites for hydroxylation is 1. The molecule has 0 aliphatic rings. The fourth-order valence-electron chi connectivity index (χ4n) is 3.87. The van der Waals surface area contributed by atoms with Crippen LogP contribution in [0.25, 0.3) is 21.7 Å². The van der Waals surface area contributed by atoms with Crippen LogP contribution in [0.1, 0.15) is 42.1 Å². The van der Waals surface area contributed by atoms with Crippen LogP contribution in [0.3, 0.4) is 0 Å². The molecule has 0 saturated heterocycles. The predicted octanol–water partition coefficient (Wildman–Crippen LogP) is 6.55. The van der Waals surface area contributed by atoms with Crippen molar-refractivity contribution >= 4 is 27.5 Å². The molecule has 0 aliphatic carbocycles. The summed E-state index contributed by atoms with van der Waals surface area (Å²) in [4.78, 5) is 13.4. The zero-order valence-corrected chi connectivity index (χ0v) is 16.1. The van der Waals surface area contributed by atoms with Crippen molar-refractivity contribution in [2.75, 3.05) is 0 Å². The second-order valence-electron chi connectivity index (χ2n) is 7.26. The monoisotopic (exact) mass is 373 g/mol. The quantitative estimate of drug-likeness (QED) is 0.337. The topological polar surface area (TPSA) is 22.0 Å². The first-order chi connectivity index (χ1) is 13.7. The lowest BCUT2D eigenvalue weighted by molar-refractivity contribution is 0.104. The number of hydrogen-bond donors (Lipinski definition) is 0. The van der Waals surface area contributed by atoms with E-state index >= 15 is 0 Å². The highest BCUT2D eigenvalue weighted by molar-refractivity contribution is 6.21. The van der Waals surface area contributed by atoms with Crippen LogP contribution in [0.4, 0.5) is 4.39 Å². The number of hydrogen-bond acceptors (Lipinski definition) is 1. The number of halogens is 1. The highest BCUT2D eigenvalue weighted by Crippen LogP contribution is 2.27. The van der Waals surface area contributed by atoms with Crippen LogP contribution in [-0.2, 0) is 6.54 Å². The smallest absolute Gasteiger partial charge is 0.195 e. The summed E-state index contributed by atoms with van der Waals surface area (Å²) in [5, 5.41) is 2.98. The molecule has 0 fully saturated rings. The predicted molar refractivity (Wildman–Crippen MR) is 114 cm³/mol. The van der Waals surface area contributed by atoms with Crippen molar-refractivity contribution in [2.45, 2.75) is 38.9 Å². The SMILES string of the molecule is CC[C@@H](F)CCCn1cc(C(=O)c2cccc3ccccc23)c2ccccc21. The number of para-hydroxylation sites is 1. The lowest BCUT2D eigenvalue weighted by Crippen LogP contribution is -2.03. The number of ketones is 1. The number of aromatic nitrogens is 1. The summed E-state index contributed by atoms with van der Waals surface area (Å²) in [5.41, 5.74) is 2.45. The lowest BCUT2D eigenvalue weighted by Gasteiger charge is -2.07. The molecule has 1 aromatic heterocycles. The van der Waals surface area contributed by atoms with Crippen molar-refractivity contribution < 1.29 is 9.18 Å². The summed E-state index contributed by atoms with van der Waals surface area (Å²) in [7, 11) is 0. The van der Waals surface area contributed by atoms with Gasteiger partial charge in [0.25, 0.3) is 0 Å². The molecule has 0 bridgehead atoms. The van der Waals surface area contributed by atoms with Crippen LogP contribution in [0, 0.1) is 0 Å². The fourth-order valence-corrected chi connectivity index (χ4v) is 3.87. The van der Waals surface area contributed by atoms with Crippen LogP contribution < -0.4 is 0 Å². The van der Waals surface area contributed by atoms with Gasteiger partial charge in [-0.3, -0.25) is 4.79 Å². The third-order valence-electron chi connectivity index (χ3n) is 5.43. The summed E-state index contributed by atoms with van der Waals surface area (Å²) in [6, 6.07) is 21.8. The second kappa shape index (κ2) is 7.97. The van der Waals surface area contributed by atoms with E-state index in [1.165, 1.54) is 0 Å². The van der Waals surface area contributed by atoms with Gasteiger partial charge in [-0.2, -0.15) is 0 Å². The Hall–Kier alpha value is -2.94. The molecule has 0 unspecified atom stereocenters. The van der Waals surface area contributed by atoms with E-state index in [4.69, 9.17) is 0 Å². The Morgan fingerprint density at radius 2 is 1.64 bits per heavy atom. The van der Waals surface area contributed by atoms with Gasteiger partial charge in [0.05, 0.1) is 6.17 Å². The summed E-state index contributed by atoms with van der Waals surface area (Å²) in [6.07, 6.45) is 3.05. The van der Waals surface area contributed by atoms with Gasteiger partial charge in [-0.15, -0.1) is 0 Å². The Morgan fingerprint density at radius 3 is 2.46 bits per heavy atom. The van der Waals surface area contributed by atoms with Crippen molar-refractivity contribution in [1.29, 1.82) is 0 Å². The van der Waals surface area contributed by atoms with Crippen LogP contribution in [0.15, 0.2) is 72.9 Å². The number of fused-ring (bicyclic) bond motifs is 2. The van der Waals surface area contributed by atoms with E-state index in [1.807, 2.05) is 79.9 Å². The highest BCUT2D eigenvalue weighted by Gasteiger charge is 2.18. The third-order valence-corrected chi connectivity index (χ3v) is 5.43. The molecule has 0 spiro atoms. The van der Waals surface area contributed by atoms with E-state index in [0.717, 1.165) is 33.7 Å². The first-order valence-corrected chi connectivity index (χ1v) is 9.93. The minimum Gasteiger partial charge on any atom is -0.347 e. The molecule has 0 N–H and O–H groups in total.